The highest BCUT2D eigenvalue weighted by atomic mass is 16.5. The van der Waals surface area contributed by atoms with Gasteiger partial charge in [-0.2, -0.15) is 0 Å². The number of morpholine rings is 1. The second kappa shape index (κ2) is 6.66. The minimum atomic E-state index is 0.565. The van der Waals surface area contributed by atoms with Gasteiger partial charge in [0, 0.05) is 63.7 Å². The SMILES string of the molecule is c1cn2c(n1)CN([C@@H]1CCOC1)C[C@H](CN1CCOCC1)C2. The number of ether oxygens (including phenoxy) is 2. The largest absolute Gasteiger partial charge is 0.380 e. The first-order valence-corrected chi connectivity index (χ1v) is 8.50. The van der Waals surface area contributed by atoms with Crippen LogP contribution in [0.2, 0.25) is 0 Å². The van der Waals surface area contributed by atoms with Gasteiger partial charge in [0.15, 0.2) is 0 Å². The topological polar surface area (TPSA) is 42.8 Å². The summed E-state index contributed by atoms with van der Waals surface area (Å²) in [6, 6.07) is 0.565. The van der Waals surface area contributed by atoms with E-state index in [2.05, 4.69) is 25.5 Å². The number of fused-ring (bicyclic) bond motifs is 1. The molecular formula is C16H26N4O2. The molecule has 0 bridgehead atoms. The molecule has 2 fully saturated rings. The Balaban J connectivity index is 1.47. The van der Waals surface area contributed by atoms with Crippen LogP contribution in [0.15, 0.2) is 12.4 Å². The van der Waals surface area contributed by atoms with E-state index in [-0.39, 0.29) is 0 Å². The summed E-state index contributed by atoms with van der Waals surface area (Å²) < 4.78 is 13.4. The molecule has 0 unspecified atom stereocenters. The maximum absolute atomic E-state index is 5.61. The summed E-state index contributed by atoms with van der Waals surface area (Å²) in [5.41, 5.74) is 0. The molecular weight excluding hydrogens is 280 g/mol. The first-order chi connectivity index (χ1) is 10.9. The number of imidazole rings is 1. The predicted molar refractivity (Wildman–Crippen MR) is 82.6 cm³/mol. The van der Waals surface area contributed by atoms with Crippen molar-refractivity contribution in [3.63, 3.8) is 0 Å². The number of nitrogens with zero attached hydrogens (tertiary/aromatic N) is 4. The van der Waals surface area contributed by atoms with Crippen molar-refractivity contribution in [2.45, 2.75) is 25.6 Å². The van der Waals surface area contributed by atoms with E-state index < -0.39 is 0 Å². The summed E-state index contributed by atoms with van der Waals surface area (Å²) in [5.74, 6) is 1.85. The maximum Gasteiger partial charge on any atom is 0.122 e. The third-order valence-electron chi connectivity index (χ3n) is 5.14. The highest BCUT2D eigenvalue weighted by molar-refractivity contribution is 4.97. The minimum Gasteiger partial charge on any atom is -0.380 e. The van der Waals surface area contributed by atoms with Crippen molar-refractivity contribution >= 4 is 0 Å². The van der Waals surface area contributed by atoms with Crippen LogP contribution in [0.25, 0.3) is 0 Å². The Kier molecular flexibility index (Phi) is 4.43. The standard InChI is InChI=1S/C16H26N4O2/c1-6-22-13-15(1)20-11-14(9-18-4-7-21-8-5-18)10-19-3-2-17-16(19)12-20/h2-3,14-15H,1,4-13H2/t14-,15-/m1/s1. The van der Waals surface area contributed by atoms with E-state index in [1.165, 1.54) is 5.82 Å². The average Bonchev–Trinajstić information content (AvgIpc) is 3.18. The van der Waals surface area contributed by atoms with Gasteiger partial charge in [-0.15, -0.1) is 0 Å². The molecule has 4 heterocycles. The maximum atomic E-state index is 5.61. The molecule has 3 aliphatic rings. The van der Waals surface area contributed by atoms with Gasteiger partial charge < -0.3 is 14.0 Å². The highest BCUT2D eigenvalue weighted by Gasteiger charge is 2.30. The molecule has 4 rings (SSSR count). The number of hydrogen-bond donors (Lipinski definition) is 0. The smallest absolute Gasteiger partial charge is 0.122 e. The van der Waals surface area contributed by atoms with Gasteiger partial charge in [0.25, 0.3) is 0 Å². The van der Waals surface area contributed by atoms with Crippen LogP contribution in [0.5, 0.6) is 0 Å². The lowest BCUT2D eigenvalue weighted by Gasteiger charge is -2.33. The van der Waals surface area contributed by atoms with Crippen molar-refractivity contribution in [1.82, 2.24) is 19.4 Å². The van der Waals surface area contributed by atoms with Gasteiger partial charge >= 0.3 is 0 Å². The molecule has 0 aliphatic carbocycles. The van der Waals surface area contributed by atoms with Crippen LogP contribution in [0, 0.1) is 5.92 Å². The van der Waals surface area contributed by atoms with Crippen molar-refractivity contribution in [1.29, 1.82) is 0 Å². The normalized spacial score (nSPS) is 31.1. The van der Waals surface area contributed by atoms with Crippen LogP contribution in [0.4, 0.5) is 0 Å². The van der Waals surface area contributed by atoms with E-state index in [0.29, 0.717) is 12.0 Å². The molecule has 3 aliphatic heterocycles. The van der Waals surface area contributed by atoms with E-state index in [9.17, 15) is 0 Å². The van der Waals surface area contributed by atoms with Crippen molar-refractivity contribution in [3.05, 3.63) is 18.2 Å². The first-order valence-electron chi connectivity index (χ1n) is 8.50. The fraction of sp³-hybridized carbons (Fsp3) is 0.812. The summed E-state index contributed by atoms with van der Waals surface area (Å²) in [6.45, 7) is 10.0. The van der Waals surface area contributed by atoms with Crippen LogP contribution in [0.1, 0.15) is 12.2 Å². The molecule has 0 amide bonds. The van der Waals surface area contributed by atoms with Crippen molar-refractivity contribution in [2.75, 3.05) is 52.6 Å². The van der Waals surface area contributed by atoms with E-state index >= 15 is 0 Å². The van der Waals surface area contributed by atoms with Gasteiger partial charge in [-0.05, 0) is 6.42 Å². The molecule has 0 radical (unpaired) electrons. The lowest BCUT2D eigenvalue weighted by atomic mass is 10.1. The van der Waals surface area contributed by atoms with Crippen molar-refractivity contribution < 1.29 is 9.47 Å². The Labute approximate surface area is 132 Å². The summed E-state index contributed by atoms with van der Waals surface area (Å²) in [4.78, 5) is 9.72. The Morgan fingerprint density at radius 2 is 2.05 bits per heavy atom. The summed E-state index contributed by atoms with van der Waals surface area (Å²) in [6.07, 6.45) is 5.23. The monoisotopic (exact) mass is 306 g/mol. The fourth-order valence-corrected chi connectivity index (χ4v) is 3.92. The Hall–Kier alpha value is -0.950. The quantitative estimate of drug-likeness (QED) is 0.810. The van der Waals surface area contributed by atoms with Gasteiger partial charge in [-0.25, -0.2) is 4.98 Å². The Bertz CT molecular complexity index is 480. The Morgan fingerprint density at radius 1 is 1.14 bits per heavy atom. The number of aromatic nitrogens is 2. The summed E-state index contributed by atoms with van der Waals surface area (Å²) in [7, 11) is 0. The first kappa shape index (κ1) is 14.6. The van der Waals surface area contributed by atoms with E-state index in [1.807, 2.05) is 6.20 Å². The van der Waals surface area contributed by atoms with Crippen LogP contribution < -0.4 is 0 Å². The second-order valence-corrected chi connectivity index (χ2v) is 6.72. The minimum absolute atomic E-state index is 0.565. The van der Waals surface area contributed by atoms with Crippen molar-refractivity contribution in [2.24, 2.45) is 5.92 Å². The van der Waals surface area contributed by atoms with Gasteiger partial charge in [0.1, 0.15) is 5.82 Å². The molecule has 6 nitrogen and oxygen atoms in total. The fourth-order valence-electron chi connectivity index (χ4n) is 3.92. The van der Waals surface area contributed by atoms with Crippen LogP contribution in [-0.4, -0.2) is 78.0 Å². The molecule has 22 heavy (non-hydrogen) atoms. The Morgan fingerprint density at radius 3 is 2.86 bits per heavy atom. The molecule has 2 saturated heterocycles. The molecule has 1 aromatic heterocycles. The van der Waals surface area contributed by atoms with Crippen LogP contribution in [-0.2, 0) is 22.6 Å². The number of rotatable bonds is 3. The van der Waals surface area contributed by atoms with E-state index in [4.69, 9.17) is 9.47 Å². The van der Waals surface area contributed by atoms with Gasteiger partial charge in [-0.1, -0.05) is 0 Å². The summed E-state index contributed by atoms with van der Waals surface area (Å²) >= 11 is 0. The van der Waals surface area contributed by atoms with Gasteiger partial charge in [0.05, 0.1) is 26.4 Å². The third-order valence-corrected chi connectivity index (χ3v) is 5.14. The lowest BCUT2D eigenvalue weighted by Crippen LogP contribution is -2.44. The molecule has 6 heteroatoms. The highest BCUT2D eigenvalue weighted by Crippen LogP contribution is 2.22. The van der Waals surface area contributed by atoms with Crippen LogP contribution in [0.3, 0.4) is 0 Å². The molecule has 0 spiro atoms. The zero-order valence-electron chi connectivity index (χ0n) is 13.2. The third kappa shape index (κ3) is 3.20. The molecule has 122 valence electrons. The molecule has 2 atom stereocenters. The zero-order valence-corrected chi connectivity index (χ0v) is 13.2. The van der Waals surface area contributed by atoms with Crippen LogP contribution >= 0.6 is 0 Å². The van der Waals surface area contributed by atoms with Gasteiger partial charge in [-0.3, -0.25) is 9.80 Å². The predicted octanol–water partition coefficient (Wildman–Crippen LogP) is 0.436. The second-order valence-electron chi connectivity index (χ2n) is 6.72. The molecule has 0 saturated carbocycles. The zero-order chi connectivity index (χ0) is 14.8. The average molecular weight is 306 g/mol. The van der Waals surface area contributed by atoms with E-state index in [0.717, 1.165) is 72.1 Å². The van der Waals surface area contributed by atoms with Crippen molar-refractivity contribution in [3.8, 4) is 0 Å². The summed E-state index contributed by atoms with van der Waals surface area (Å²) in [5, 5.41) is 0. The lowest BCUT2D eigenvalue weighted by molar-refractivity contribution is 0.0248. The van der Waals surface area contributed by atoms with E-state index in [1.54, 1.807) is 0 Å². The molecule has 0 N–H and O–H groups in total. The number of hydrogen-bond acceptors (Lipinski definition) is 5. The molecule has 1 aromatic rings. The van der Waals surface area contributed by atoms with Gasteiger partial charge in [0.2, 0.25) is 0 Å². The molecule has 0 aromatic carbocycles.